The van der Waals surface area contributed by atoms with Gasteiger partial charge < -0.3 is 16.6 Å². The van der Waals surface area contributed by atoms with Gasteiger partial charge in [0.05, 0.1) is 6.04 Å². The van der Waals surface area contributed by atoms with E-state index in [1.165, 1.54) is 0 Å². The molecule has 0 saturated heterocycles. The van der Waals surface area contributed by atoms with Crippen molar-refractivity contribution >= 4 is 17.6 Å². The van der Waals surface area contributed by atoms with E-state index in [0.29, 0.717) is 5.02 Å². The van der Waals surface area contributed by atoms with Crippen LogP contribution in [0.2, 0.25) is 5.02 Å². The topological polar surface area (TPSA) is 119 Å². The Kier molecular flexibility index (Phi) is 4.41. The van der Waals surface area contributed by atoms with Gasteiger partial charge in [0.2, 0.25) is 0 Å². The van der Waals surface area contributed by atoms with Crippen molar-refractivity contribution in [2.45, 2.75) is 13.0 Å². The fourth-order valence-electron chi connectivity index (χ4n) is 1.36. The molecule has 0 aliphatic rings. The van der Waals surface area contributed by atoms with E-state index in [1.807, 2.05) is 0 Å². The Morgan fingerprint density at radius 3 is 2.28 bits per heavy atom. The van der Waals surface area contributed by atoms with Crippen LogP contribution in [0.3, 0.4) is 0 Å². The third-order valence-corrected chi connectivity index (χ3v) is 2.81. The molecular formula is C11H15ClN4O2. The fourth-order valence-corrected chi connectivity index (χ4v) is 1.49. The van der Waals surface area contributed by atoms with E-state index in [9.17, 15) is 4.79 Å². The van der Waals surface area contributed by atoms with Crippen LogP contribution in [0.15, 0.2) is 35.8 Å². The van der Waals surface area contributed by atoms with Gasteiger partial charge in [0.25, 0.3) is 0 Å². The van der Waals surface area contributed by atoms with E-state index >= 15 is 0 Å². The Balaban J connectivity index is 2.97. The molecule has 18 heavy (non-hydrogen) atoms. The second kappa shape index (κ2) is 5.61. The van der Waals surface area contributed by atoms with Gasteiger partial charge in [0, 0.05) is 5.02 Å². The zero-order chi connectivity index (χ0) is 13.9. The van der Waals surface area contributed by atoms with E-state index in [4.69, 9.17) is 34.0 Å². The van der Waals surface area contributed by atoms with Crippen molar-refractivity contribution in [3.8, 4) is 0 Å². The summed E-state index contributed by atoms with van der Waals surface area (Å²) in [7, 11) is 0. The van der Waals surface area contributed by atoms with Crippen molar-refractivity contribution in [3.05, 3.63) is 46.4 Å². The number of halogens is 1. The van der Waals surface area contributed by atoms with Gasteiger partial charge in [-0.15, -0.1) is 0 Å². The lowest BCUT2D eigenvalue weighted by atomic mass is 10.1. The molecule has 7 N–H and O–H groups in total. The first-order valence-corrected chi connectivity index (χ1v) is 5.50. The van der Waals surface area contributed by atoms with E-state index in [2.05, 4.69) is 0 Å². The molecule has 0 bridgehead atoms. The van der Waals surface area contributed by atoms with Gasteiger partial charge in [0.15, 0.2) is 5.70 Å². The Morgan fingerprint density at radius 2 is 1.83 bits per heavy atom. The summed E-state index contributed by atoms with van der Waals surface area (Å²) < 4.78 is 0. The van der Waals surface area contributed by atoms with Crippen LogP contribution in [-0.4, -0.2) is 16.1 Å². The summed E-state index contributed by atoms with van der Waals surface area (Å²) in [4.78, 5) is 10.7. The van der Waals surface area contributed by atoms with E-state index < -0.39 is 11.7 Å². The highest BCUT2D eigenvalue weighted by atomic mass is 35.5. The van der Waals surface area contributed by atoms with Crippen LogP contribution in [0.25, 0.3) is 0 Å². The lowest BCUT2D eigenvalue weighted by Gasteiger charge is -2.27. The van der Waals surface area contributed by atoms with Crippen LogP contribution < -0.4 is 17.3 Å². The van der Waals surface area contributed by atoms with Crippen LogP contribution in [0, 0.1) is 0 Å². The third kappa shape index (κ3) is 3.06. The highest BCUT2D eigenvalue weighted by molar-refractivity contribution is 6.30. The summed E-state index contributed by atoms with van der Waals surface area (Å²) in [6.45, 7) is 1.77. The smallest absolute Gasteiger partial charge is 0.355 e. The number of nitrogens with zero attached hydrogens (tertiary/aromatic N) is 1. The molecule has 7 heteroatoms. The van der Waals surface area contributed by atoms with Crippen molar-refractivity contribution in [1.82, 2.24) is 5.01 Å². The number of hydrogen-bond donors (Lipinski definition) is 4. The number of carboxylic acids is 1. The zero-order valence-electron chi connectivity index (χ0n) is 9.80. The summed E-state index contributed by atoms with van der Waals surface area (Å²) in [6, 6.07) is 6.64. The number of aliphatic carboxylic acids is 1. The van der Waals surface area contributed by atoms with Crippen LogP contribution in [-0.2, 0) is 4.79 Å². The SMILES string of the molecule is CC(c1ccc(Cl)cc1)N(N)/C(N)=C(\N)C(=O)O. The van der Waals surface area contributed by atoms with Gasteiger partial charge in [0.1, 0.15) is 5.82 Å². The highest BCUT2D eigenvalue weighted by Gasteiger charge is 2.18. The molecule has 0 aliphatic heterocycles. The third-order valence-electron chi connectivity index (χ3n) is 2.55. The summed E-state index contributed by atoms with van der Waals surface area (Å²) in [5.74, 6) is 4.24. The molecule has 0 aromatic heterocycles. The van der Waals surface area contributed by atoms with E-state index in [0.717, 1.165) is 10.6 Å². The molecule has 1 aromatic carbocycles. The average molecular weight is 271 g/mol. The average Bonchev–Trinajstić information content (AvgIpc) is 2.36. The largest absolute Gasteiger partial charge is 0.476 e. The molecular weight excluding hydrogens is 256 g/mol. The van der Waals surface area contributed by atoms with Gasteiger partial charge in [-0.05, 0) is 24.6 Å². The first kappa shape index (κ1) is 14.1. The number of rotatable bonds is 4. The zero-order valence-corrected chi connectivity index (χ0v) is 10.6. The second-order valence-corrected chi connectivity index (χ2v) is 4.18. The van der Waals surface area contributed by atoms with Gasteiger partial charge in [-0.2, -0.15) is 0 Å². The van der Waals surface area contributed by atoms with E-state index in [-0.39, 0.29) is 11.9 Å². The predicted octanol–water partition coefficient (Wildman–Crippen LogP) is 0.748. The minimum atomic E-state index is -1.31. The monoisotopic (exact) mass is 270 g/mol. The fraction of sp³-hybridized carbons (Fsp3) is 0.182. The molecule has 0 aliphatic carbocycles. The standard InChI is InChI=1S/C11H15ClN4O2/c1-6(7-2-4-8(12)5-3-7)16(15)10(14)9(13)11(17)18/h2-6H,13-15H2,1H3,(H,17,18)/b10-9-. The number of carbonyl (C=O) groups is 1. The molecule has 6 nitrogen and oxygen atoms in total. The molecule has 98 valence electrons. The Bertz CT molecular complexity index is 472. The number of hydrazine groups is 1. The van der Waals surface area contributed by atoms with Gasteiger partial charge >= 0.3 is 5.97 Å². The van der Waals surface area contributed by atoms with Crippen molar-refractivity contribution in [2.24, 2.45) is 17.3 Å². The first-order chi connectivity index (χ1) is 8.34. The summed E-state index contributed by atoms with van der Waals surface area (Å²) in [5, 5.41) is 10.4. The minimum Gasteiger partial charge on any atom is -0.476 e. The molecule has 1 atom stereocenters. The maximum Gasteiger partial charge on any atom is 0.355 e. The molecule has 1 aromatic rings. The maximum absolute atomic E-state index is 10.7. The van der Waals surface area contributed by atoms with Gasteiger partial charge in [-0.1, -0.05) is 23.7 Å². The van der Waals surface area contributed by atoms with Crippen molar-refractivity contribution < 1.29 is 9.90 Å². The summed E-state index contributed by atoms with van der Waals surface area (Å²) in [5.41, 5.74) is 11.2. The van der Waals surface area contributed by atoms with Crippen molar-refractivity contribution in [3.63, 3.8) is 0 Å². The van der Waals surface area contributed by atoms with Crippen LogP contribution in [0.4, 0.5) is 0 Å². The second-order valence-electron chi connectivity index (χ2n) is 3.74. The molecule has 1 unspecified atom stereocenters. The Labute approximate surface area is 110 Å². The quantitative estimate of drug-likeness (QED) is 0.364. The Hall–Kier alpha value is -1.92. The number of carboxylic acid groups (broad SMARTS) is 1. The van der Waals surface area contributed by atoms with Crippen LogP contribution >= 0.6 is 11.6 Å². The Morgan fingerprint density at radius 1 is 1.33 bits per heavy atom. The van der Waals surface area contributed by atoms with Crippen LogP contribution in [0.1, 0.15) is 18.5 Å². The minimum absolute atomic E-state index is 0.190. The molecule has 0 radical (unpaired) electrons. The molecule has 0 saturated carbocycles. The highest BCUT2D eigenvalue weighted by Crippen LogP contribution is 2.21. The van der Waals surface area contributed by atoms with E-state index in [1.54, 1.807) is 31.2 Å². The normalized spacial score (nSPS) is 13.7. The number of nitrogens with two attached hydrogens (primary N) is 3. The van der Waals surface area contributed by atoms with Gasteiger partial charge in [-0.25, -0.2) is 10.6 Å². The predicted molar refractivity (Wildman–Crippen MR) is 68.9 cm³/mol. The maximum atomic E-state index is 10.7. The van der Waals surface area contributed by atoms with Gasteiger partial charge in [-0.3, -0.25) is 5.01 Å². The first-order valence-electron chi connectivity index (χ1n) is 5.12. The van der Waals surface area contributed by atoms with Crippen molar-refractivity contribution in [1.29, 1.82) is 0 Å². The molecule has 1 rings (SSSR count). The number of hydrogen-bond acceptors (Lipinski definition) is 5. The summed E-state index contributed by atoms with van der Waals surface area (Å²) >= 11 is 5.77. The molecule has 0 spiro atoms. The molecule has 0 fully saturated rings. The lowest BCUT2D eigenvalue weighted by Crippen LogP contribution is -2.39. The summed E-state index contributed by atoms with van der Waals surface area (Å²) in [6.07, 6.45) is 0. The number of benzene rings is 1. The van der Waals surface area contributed by atoms with Crippen molar-refractivity contribution in [2.75, 3.05) is 0 Å². The molecule has 0 heterocycles. The van der Waals surface area contributed by atoms with Crippen LogP contribution in [0.5, 0.6) is 0 Å². The lowest BCUT2D eigenvalue weighted by molar-refractivity contribution is -0.132. The molecule has 0 amide bonds.